The molecule has 1 saturated carbocycles. The molecule has 4 heteroatoms. The Labute approximate surface area is 88.5 Å². The summed E-state index contributed by atoms with van der Waals surface area (Å²) >= 11 is 0. The highest BCUT2D eigenvalue weighted by Gasteiger charge is 2.24. The van der Waals surface area contributed by atoms with Crippen LogP contribution in [0, 0.1) is 0 Å². The van der Waals surface area contributed by atoms with Gasteiger partial charge in [0.05, 0.1) is 0 Å². The fourth-order valence-corrected chi connectivity index (χ4v) is 1.86. The monoisotopic (exact) mass is 196 g/mol. The van der Waals surface area contributed by atoms with Gasteiger partial charge in [0.15, 0.2) is 6.29 Å². The number of aldehydes is 1. The Kier molecular flexibility index (Phi) is 1.72. The summed E-state index contributed by atoms with van der Waals surface area (Å²) in [6.07, 6.45) is 6.94. The van der Waals surface area contributed by atoms with Crippen molar-refractivity contribution < 1.29 is 4.79 Å². The van der Waals surface area contributed by atoms with Crippen molar-refractivity contribution in [2.75, 3.05) is 0 Å². The molecule has 0 aliphatic heterocycles. The standard InChI is InChI=1S/C11H9BN2O/c12-10-3-8(7-1-2-7)4-14-5-9(6-15)13-11(10)14/h3-7H,1-2H2. The van der Waals surface area contributed by atoms with E-state index in [2.05, 4.69) is 4.98 Å². The zero-order chi connectivity index (χ0) is 10.4. The van der Waals surface area contributed by atoms with Gasteiger partial charge in [-0.25, -0.2) is 4.98 Å². The predicted molar refractivity (Wildman–Crippen MR) is 57.9 cm³/mol. The van der Waals surface area contributed by atoms with E-state index in [1.54, 1.807) is 6.20 Å². The molecular weight excluding hydrogens is 187 g/mol. The zero-order valence-electron chi connectivity index (χ0n) is 8.18. The second-order valence-corrected chi connectivity index (χ2v) is 4.02. The average molecular weight is 196 g/mol. The number of carbonyl (C=O) groups excluding carboxylic acids is 1. The van der Waals surface area contributed by atoms with Gasteiger partial charge in [-0.2, -0.15) is 0 Å². The van der Waals surface area contributed by atoms with Crippen LogP contribution in [0.5, 0.6) is 0 Å². The van der Waals surface area contributed by atoms with Gasteiger partial charge in [-0.1, -0.05) is 11.5 Å². The SMILES string of the molecule is [B]c1cc(C2CC2)cn2cc(C=O)nc12. The van der Waals surface area contributed by atoms with Gasteiger partial charge in [-0.3, -0.25) is 4.79 Å². The molecule has 3 rings (SSSR count). The maximum atomic E-state index is 10.6. The Bertz CT molecular complexity index is 543. The van der Waals surface area contributed by atoms with Crippen molar-refractivity contribution in [2.24, 2.45) is 0 Å². The Balaban J connectivity index is 2.24. The molecule has 0 amide bonds. The summed E-state index contributed by atoms with van der Waals surface area (Å²) < 4.78 is 1.84. The number of hydrogen-bond donors (Lipinski definition) is 0. The summed E-state index contributed by atoms with van der Waals surface area (Å²) in [4.78, 5) is 14.7. The minimum Gasteiger partial charge on any atom is -0.307 e. The van der Waals surface area contributed by atoms with Gasteiger partial charge in [0.1, 0.15) is 19.2 Å². The van der Waals surface area contributed by atoms with Crippen molar-refractivity contribution in [1.82, 2.24) is 9.38 Å². The van der Waals surface area contributed by atoms with Gasteiger partial charge in [-0.15, -0.1) is 0 Å². The van der Waals surface area contributed by atoms with Crippen LogP contribution in [-0.4, -0.2) is 23.5 Å². The molecule has 0 N–H and O–H groups in total. The smallest absolute Gasteiger partial charge is 0.170 e. The summed E-state index contributed by atoms with van der Waals surface area (Å²) in [6.45, 7) is 0. The van der Waals surface area contributed by atoms with Crippen molar-refractivity contribution in [3.05, 3.63) is 29.7 Å². The maximum absolute atomic E-state index is 10.6. The van der Waals surface area contributed by atoms with Crippen LogP contribution in [0.4, 0.5) is 0 Å². The minimum atomic E-state index is 0.426. The van der Waals surface area contributed by atoms with Crippen molar-refractivity contribution in [3.8, 4) is 0 Å². The van der Waals surface area contributed by atoms with Crippen LogP contribution in [-0.2, 0) is 0 Å². The molecule has 72 valence electrons. The first-order valence-electron chi connectivity index (χ1n) is 5.01. The Morgan fingerprint density at radius 1 is 1.47 bits per heavy atom. The lowest BCUT2D eigenvalue weighted by molar-refractivity contribution is 0.111. The van der Waals surface area contributed by atoms with E-state index in [4.69, 9.17) is 7.85 Å². The number of rotatable bonds is 2. The van der Waals surface area contributed by atoms with E-state index in [1.807, 2.05) is 16.7 Å². The van der Waals surface area contributed by atoms with Crippen LogP contribution in [0.3, 0.4) is 0 Å². The molecular formula is C11H9BN2O. The summed E-state index contributed by atoms with van der Waals surface area (Å²) in [5.74, 6) is 0.652. The van der Waals surface area contributed by atoms with Gasteiger partial charge in [0, 0.05) is 12.4 Å². The predicted octanol–water partition coefficient (Wildman–Crippen LogP) is 0.818. The Morgan fingerprint density at radius 2 is 2.27 bits per heavy atom. The zero-order valence-corrected chi connectivity index (χ0v) is 8.18. The number of fused-ring (bicyclic) bond motifs is 1. The number of hydrogen-bond acceptors (Lipinski definition) is 2. The van der Waals surface area contributed by atoms with Gasteiger partial charge in [0.2, 0.25) is 0 Å². The Morgan fingerprint density at radius 3 is 2.93 bits per heavy atom. The van der Waals surface area contributed by atoms with Crippen LogP contribution < -0.4 is 5.46 Å². The van der Waals surface area contributed by atoms with Gasteiger partial charge in [-0.05, 0) is 24.3 Å². The first-order valence-corrected chi connectivity index (χ1v) is 5.01. The highest BCUT2D eigenvalue weighted by atomic mass is 16.1. The molecule has 0 spiro atoms. The second-order valence-electron chi connectivity index (χ2n) is 4.02. The van der Waals surface area contributed by atoms with Crippen molar-refractivity contribution in [1.29, 1.82) is 0 Å². The molecule has 1 fully saturated rings. The molecule has 0 saturated heterocycles. The van der Waals surface area contributed by atoms with Crippen molar-refractivity contribution in [3.63, 3.8) is 0 Å². The second kappa shape index (κ2) is 2.96. The van der Waals surface area contributed by atoms with E-state index in [1.165, 1.54) is 18.4 Å². The molecule has 1 aliphatic rings. The number of nitrogens with zero attached hydrogens (tertiary/aromatic N) is 2. The molecule has 1 aliphatic carbocycles. The number of aromatic nitrogens is 2. The highest BCUT2D eigenvalue weighted by Crippen LogP contribution is 2.39. The number of pyridine rings is 1. The summed E-state index contributed by atoms with van der Waals surface area (Å²) in [5.41, 5.74) is 2.98. The molecule has 0 bridgehead atoms. The lowest BCUT2D eigenvalue weighted by Gasteiger charge is -2.03. The molecule has 2 heterocycles. The third kappa shape index (κ3) is 1.37. The van der Waals surface area contributed by atoms with Crippen LogP contribution >= 0.6 is 0 Å². The largest absolute Gasteiger partial charge is 0.307 e. The lowest BCUT2D eigenvalue weighted by atomic mass is 9.95. The average Bonchev–Trinajstić information content (AvgIpc) is 2.98. The highest BCUT2D eigenvalue weighted by molar-refractivity contribution is 6.36. The first-order chi connectivity index (χ1) is 7.28. The summed E-state index contributed by atoms with van der Waals surface area (Å²) in [7, 11) is 5.89. The molecule has 2 aromatic heterocycles. The molecule has 0 atom stereocenters. The molecule has 2 radical (unpaired) electrons. The molecule has 15 heavy (non-hydrogen) atoms. The van der Waals surface area contributed by atoms with E-state index in [-0.39, 0.29) is 0 Å². The molecule has 2 aromatic rings. The minimum absolute atomic E-state index is 0.426. The van der Waals surface area contributed by atoms with Crippen molar-refractivity contribution in [2.45, 2.75) is 18.8 Å². The quantitative estimate of drug-likeness (QED) is 0.526. The fraction of sp³-hybridized carbons (Fsp3) is 0.273. The van der Waals surface area contributed by atoms with E-state index in [0.717, 1.165) is 6.29 Å². The number of imidazole rings is 1. The molecule has 0 unspecified atom stereocenters. The normalized spacial score (nSPS) is 15.7. The third-order valence-corrected chi connectivity index (χ3v) is 2.79. The fourth-order valence-electron chi connectivity index (χ4n) is 1.86. The number of carbonyl (C=O) groups is 1. The van der Waals surface area contributed by atoms with E-state index in [9.17, 15) is 4.79 Å². The first kappa shape index (κ1) is 8.71. The van der Waals surface area contributed by atoms with Crippen molar-refractivity contribution >= 4 is 25.2 Å². The summed E-state index contributed by atoms with van der Waals surface area (Å²) in [5, 5.41) is 0. The molecule has 3 nitrogen and oxygen atoms in total. The molecule has 0 aromatic carbocycles. The van der Waals surface area contributed by atoms with Gasteiger partial charge < -0.3 is 4.40 Å². The maximum Gasteiger partial charge on any atom is 0.170 e. The topological polar surface area (TPSA) is 34.4 Å². The third-order valence-electron chi connectivity index (χ3n) is 2.79. The summed E-state index contributed by atoms with van der Waals surface area (Å²) in [6, 6.07) is 1.97. The Hall–Kier alpha value is -1.58. The van der Waals surface area contributed by atoms with Crippen LogP contribution in [0.25, 0.3) is 5.65 Å². The lowest BCUT2D eigenvalue weighted by Crippen LogP contribution is -2.09. The van der Waals surface area contributed by atoms with Gasteiger partial charge in [0.25, 0.3) is 0 Å². The van der Waals surface area contributed by atoms with Crippen LogP contribution in [0.2, 0.25) is 0 Å². The van der Waals surface area contributed by atoms with E-state index >= 15 is 0 Å². The van der Waals surface area contributed by atoms with Gasteiger partial charge >= 0.3 is 0 Å². The van der Waals surface area contributed by atoms with Crippen LogP contribution in [0.1, 0.15) is 34.8 Å². The van der Waals surface area contributed by atoms with E-state index in [0.29, 0.717) is 22.7 Å². The van der Waals surface area contributed by atoms with Crippen LogP contribution in [0.15, 0.2) is 18.5 Å². The van der Waals surface area contributed by atoms with E-state index < -0.39 is 0 Å².